The van der Waals surface area contributed by atoms with Crippen LogP contribution in [-0.2, 0) is 10.0 Å². The van der Waals surface area contributed by atoms with Crippen LogP contribution in [0.15, 0.2) is 0 Å². The number of piperidine rings is 2. The molecule has 6 heteroatoms. The third-order valence-corrected chi connectivity index (χ3v) is 6.95. The molecule has 0 aromatic rings. The van der Waals surface area contributed by atoms with E-state index in [2.05, 4.69) is 17.3 Å². The molecular weight excluding hydrogens is 286 g/mol. The molecule has 2 heterocycles. The van der Waals surface area contributed by atoms with Crippen LogP contribution in [0.3, 0.4) is 0 Å². The Hall–Kier alpha value is -0.170. The molecule has 0 aromatic heterocycles. The molecule has 2 aliphatic rings. The first-order valence-electron chi connectivity index (χ1n) is 8.44. The predicted octanol–water partition coefficient (Wildman–Crippen LogP) is 1.26. The fourth-order valence-electron chi connectivity index (χ4n) is 3.43. The summed E-state index contributed by atoms with van der Waals surface area (Å²) in [5.41, 5.74) is 0. The SMILES string of the molecule is CCCS(=O)(=O)N1CCC(NCC2CCCCN2C)CC1. The molecule has 1 N–H and O–H groups in total. The largest absolute Gasteiger partial charge is 0.312 e. The van der Waals surface area contributed by atoms with Crippen LogP contribution in [0.2, 0.25) is 0 Å². The van der Waals surface area contributed by atoms with Crippen molar-refractivity contribution in [2.45, 2.75) is 57.5 Å². The molecule has 0 aliphatic carbocycles. The van der Waals surface area contributed by atoms with Crippen LogP contribution in [0.4, 0.5) is 0 Å². The highest BCUT2D eigenvalue weighted by molar-refractivity contribution is 7.89. The quantitative estimate of drug-likeness (QED) is 0.801. The molecule has 0 radical (unpaired) electrons. The third kappa shape index (κ3) is 4.91. The Bertz CT molecular complexity index is 405. The molecule has 2 rings (SSSR count). The van der Waals surface area contributed by atoms with Gasteiger partial charge in [-0.25, -0.2) is 12.7 Å². The van der Waals surface area contributed by atoms with Gasteiger partial charge in [0.25, 0.3) is 0 Å². The van der Waals surface area contributed by atoms with E-state index in [1.54, 1.807) is 4.31 Å². The van der Waals surface area contributed by atoms with Gasteiger partial charge in [0.2, 0.25) is 10.0 Å². The van der Waals surface area contributed by atoms with Gasteiger partial charge in [-0.3, -0.25) is 0 Å². The highest BCUT2D eigenvalue weighted by Crippen LogP contribution is 2.17. The number of likely N-dealkylation sites (N-methyl/N-ethyl adjacent to an activating group) is 1. The number of sulfonamides is 1. The summed E-state index contributed by atoms with van der Waals surface area (Å²) in [4.78, 5) is 2.46. The second-order valence-electron chi connectivity index (χ2n) is 6.53. The van der Waals surface area contributed by atoms with E-state index in [1.165, 1.54) is 25.8 Å². The number of nitrogens with zero attached hydrogens (tertiary/aromatic N) is 2. The van der Waals surface area contributed by atoms with E-state index in [0.717, 1.165) is 19.4 Å². The lowest BCUT2D eigenvalue weighted by Gasteiger charge is -2.36. The van der Waals surface area contributed by atoms with Crippen LogP contribution in [0, 0.1) is 0 Å². The molecule has 0 aromatic carbocycles. The van der Waals surface area contributed by atoms with E-state index in [-0.39, 0.29) is 5.75 Å². The Morgan fingerprint density at radius 2 is 1.81 bits per heavy atom. The van der Waals surface area contributed by atoms with E-state index in [0.29, 0.717) is 31.6 Å². The summed E-state index contributed by atoms with van der Waals surface area (Å²) in [7, 11) is -0.790. The fraction of sp³-hybridized carbons (Fsp3) is 1.00. The zero-order valence-electron chi connectivity index (χ0n) is 13.6. The van der Waals surface area contributed by atoms with Crippen LogP contribution in [0.5, 0.6) is 0 Å². The number of hydrogen-bond acceptors (Lipinski definition) is 4. The number of rotatable bonds is 6. The van der Waals surface area contributed by atoms with E-state index < -0.39 is 10.0 Å². The fourth-order valence-corrected chi connectivity index (χ4v) is 4.97. The maximum Gasteiger partial charge on any atom is 0.214 e. The summed E-state index contributed by atoms with van der Waals surface area (Å²) in [5.74, 6) is 0.290. The van der Waals surface area contributed by atoms with Gasteiger partial charge in [0.1, 0.15) is 0 Å². The Morgan fingerprint density at radius 3 is 2.43 bits per heavy atom. The van der Waals surface area contributed by atoms with Crippen molar-refractivity contribution in [3.05, 3.63) is 0 Å². The summed E-state index contributed by atoms with van der Waals surface area (Å²) in [6.07, 6.45) is 6.53. The van der Waals surface area contributed by atoms with Crippen LogP contribution >= 0.6 is 0 Å². The minimum absolute atomic E-state index is 0.290. The van der Waals surface area contributed by atoms with Crippen LogP contribution in [0.1, 0.15) is 45.4 Å². The first-order chi connectivity index (χ1) is 10.0. The molecule has 0 amide bonds. The molecule has 1 unspecified atom stereocenters. The first kappa shape index (κ1) is 17.2. The topological polar surface area (TPSA) is 52.7 Å². The zero-order chi connectivity index (χ0) is 15.3. The summed E-state index contributed by atoms with van der Waals surface area (Å²) < 4.78 is 25.8. The molecule has 1 atom stereocenters. The monoisotopic (exact) mass is 317 g/mol. The second-order valence-corrected chi connectivity index (χ2v) is 8.62. The number of hydrogen-bond donors (Lipinski definition) is 1. The molecule has 2 aliphatic heterocycles. The van der Waals surface area contributed by atoms with Gasteiger partial charge in [-0.1, -0.05) is 13.3 Å². The van der Waals surface area contributed by atoms with Gasteiger partial charge in [0.05, 0.1) is 5.75 Å². The average molecular weight is 317 g/mol. The summed E-state index contributed by atoms with van der Waals surface area (Å²) >= 11 is 0. The lowest BCUT2D eigenvalue weighted by atomic mass is 10.0. The smallest absolute Gasteiger partial charge is 0.214 e. The van der Waals surface area contributed by atoms with Crippen molar-refractivity contribution in [3.63, 3.8) is 0 Å². The lowest BCUT2D eigenvalue weighted by molar-refractivity contribution is 0.171. The predicted molar refractivity (Wildman–Crippen MR) is 86.9 cm³/mol. The van der Waals surface area contributed by atoms with Gasteiger partial charge in [0.15, 0.2) is 0 Å². The van der Waals surface area contributed by atoms with Gasteiger partial charge < -0.3 is 10.2 Å². The molecular formula is C15H31N3O2S. The van der Waals surface area contributed by atoms with Crippen molar-refractivity contribution in [2.75, 3.05) is 39.0 Å². The molecule has 21 heavy (non-hydrogen) atoms. The first-order valence-corrected chi connectivity index (χ1v) is 10.1. The minimum Gasteiger partial charge on any atom is -0.312 e. The Kier molecular flexibility index (Phi) is 6.47. The Balaban J connectivity index is 1.72. The Labute approximate surface area is 130 Å². The van der Waals surface area contributed by atoms with Crippen molar-refractivity contribution in [2.24, 2.45) is 0 Å². The van der Waals surface area contributed by atoms with Gasteiger partial charge in [-0.05, 0) is 45.7 Å². The van der Waals surface area contributed by atoms with E-state index in [9.17, 15) is 8.42 Å². The van der Waals surface area contributed by atoms with Crippen molar-refractivity contribution in [1.82, 2.24) is 14.5 Å². The molecule has 2 saturated heterocycles. The highest BCUT2D eigenvalue weighted by atomic mass is 32.2. The zero-order valence-corrected chi connectivity index (χ0v) is 14.4. The summed E-state index contributed by atoms with van der Waals surface area (Å²) in [6.45, 7) is 5.54. The van der Waals surface area contributed by atoms with Crippen LogP contribution < -0.4 is 5.32 Å². The molecule has 0 spiro atoms. The Morgan fingerprint density at radius 1 is 1.10 bits per heavy atom. The summed E-state index contributed by atoms with van der Waals surface area (Å²) in [6, 6.07) is 1.13. The standard InChI is InChI=1S/C15H31N3O2S/c1-3-12-21(19,20)18-10-7-14(8-11-18)16-13-15-6-4-5-9-17(15)2/h14-16H,3-13H2,1-2H3. The molecule has 2 fully saturated rings. The molecule has 0 saturated carbocycles. The van der Waals surface area contributed by atoms with Crippen LogP contribution in [-0.4, -0.2) is 68.7 Å². The summed E-state index contributed by atoms with van der Waals surface area (Å²) in [5, 5.41) is 3.66. The third-order valence-electron chi connectivity index (χ3n) is 4.87. The molecule has 124 valence electrons. The van der Waals surface area contributed by atoms with Crippen LogP contribution in [0.25, 0.3) is 0 Å². The molecule has 5 nitrogen and oxygen atoms in total. The normalized spacial score (nSPS) is 27.0. The maximum atomic E-state index is 12.0. The number of nitrogens with one attached hydrogen (secondary N) is 1. The van der Waals surface area contributed by atoms with Crippen molar-refractivity contribution in [3.8, 4) is 0 Å². The van der Waals surface area contributed by atoms with E-state index in [1.807, 2.05) is 6.92 Å². The van der Waals surface area contributed by atoms with E-state index in [4.69, 9.17) is 0 Å². The molecule has 0 bridgehead atoms. The van der Waals surface area contributed by atoms with Gasteiger partial charge in [-0.2, -0.15) is 0 Å². The lowest BCUT2D eigenvalue weighted by Crippen LogP contribution is -2.49. The van der Waals surface area contributed by atoms with Gasteiger partial charge in [0, 0.05) is 31.7 Å². The highest BCUT2D eigenvalue weighted by Gasteiger charge is 2.28. The minimum atomic E-state index is -3.00. The van der Waals surface area contributed by atoms with Crippen molar-refractivity contribution >= 4 is 10.0 Å². The second kappa shape index (κ2) is 7.90. The number of likely N-dealkylation sites (tertiary alicyclic amines) is 1. The maximum absolute atomic E-state index is 12.0. The average Bonchev–Trinajstić information content (AvgIpc) is 2.47. The van der Waals surface area contributed by atoms with E-state index >= 15 is 0 Å². The van der Waals surface area contributed by atoms with Crippen molar-refractivity contribution in [1.29, 1.82) is 0 Å². The van der Waals surface area contributed by atoms with Crippen molar-refractivity contribution < 1.29 is 8.42 Å². The van der Waals surface area contributed by atoms with Gasteiger partial charge >= 0.3 is 0 Å². The van der Waals surface area contributed by atoms with Gasteiger partial charge in [-0.15, -0.1) is 0 Å².